The van der Waals surface area contributed by atoms with Crippen LogP contribution in [0.5, 0.6) is 0 Å². The van der Waals surface area contributed by atoms with E-state index in [1.165, 1.54) is 6.08 Å². The van der Waals surface area contributed by atoms with E-state index in [0.717, 1.165) is 21.8 Å². The molecule has 0 aromatic heterocycles. The first-order valence-electron chi connectivity index (χ1n) is 7.99. The number of carbonyl (C=O) groups excluding carboxylic acids is 2. The Labute approximate surface area is 152 Å². The zero-order chi connectivity index (χ0) is 17.9. The molecule has 2 rings (SSSR count). The molecule has 0 atom stereocenters. The van der Waals surface area contributed by atoms with Gasteiger partial charge in [0.15, 0.2) is 6.61 Å². The maximum Gasteiger partial charge on any atom is 0.331 e. The van der Waals surface area contributed by atoms with E-state index in [9.17, 15) is 9.59 Å². The van der Waals surface area contributed by atoms with Gasteiger partial charge in [-0.2, -0.15) is 0 Å². The van der Waals surface area contributed by atoms with Crippen LogP contribution in [0, 0.1) is 6.92 Å². The van der Waals surface area contributed by atoms with Crippen molar-refractivity contribution < 1.29 is 14.3 Å². The Morgan fingerprint density at radius 2 is 1.92 bits per heavy atom. The Balaban J connectivity index is 1.61. The molecule has 1 N–H and O–H groups in total. The molecule has 25 heavy (non-hydrogen) atoms. The number of carbonyl (C=O) groups is 2. The van der Waals surface area contributed by atoms with Gasteiger partial charge in [0.05, 0.1) is 0 Å². The molecule has 5 heteroatoms. The zero-order valence-corrected chi connectivity index (χ0v) is 14.9. The molecule has 0 aliphatic heterocycles. The van der Waals surface area contributed by atoms with E-state index in [4.69, 9.17) is 4.74 Å². The van der Waals surface area contributed by atoms with Crippen molar-refractivity contribution in [3.63, 3.8) is 0 Å². The topological polar surface area (TPSA) is 55.4 Å². The molecule has 0 aliphatic carbocycles. The number of benzene rings is 2. The second-order valence-corrected chi connectivity index (χ2v) is 6.53. The van der Waals surface area contributed by atoms with E-state index in [2.05, 4.69) is 5.32 Å². The van der Waals surface area contributed by atoms with Crippen molar-refractivity contribution in [3.05, 3.63) is 71.8 Å². The highest BCUT2D eigenvalue weighted by Gasteiger charge is 2.04. The molecule has 0 bridgehead atoms. The van der Waals surface area contributed by atoms with Crippen LogP contribution < -0.4 is 5.32 Å². The van der Waals surface area contributed by atoms with Gasteiger partial charge < -0.3 is 10.1 Å². The van der Waals surface area contributed by atoms with Crippen molar-refractivity contribution in [2.75, 3.05) is 18.9 Å². The minimum Gasteiger partial charge on any atom is -0.452 e. The molecule has 0 radical (unpaired) electrons. The molecule has 0 saturated carbocycles. The van der Waals surface area contributed by atoms with E-state index >= 15 is 0 Å². The summed E-state index contributed by atoms with van der Waals surface area (Å²) in [5.74, 6) is -0.0713. The second-order valence-electron chi connectivity index (χ2n) is 5.37. The Morgan fingerprint density at radius 1 is 1.12 bits per heavy atom. The summed E-state index contributed by atoms with van der Waals surface area (Å²) in [5.41, 5.74) is 2.03. The summed E-state index contributed by atoms with van der Waals surface area (Å²) in [7, 11) is 0. The van der Waals surface area contributed by atoms with Crippen LogP contribution in [0.25, 0.3) is 6.08 Å². The quantitative estimate of drug-likeness (QED) is 0.341. The molecule has 0 spiro atoms. The summed E-state index contributed by atoms with van der Waals surface area (Å²) < 4.78 is 4.93. The van der Waals surface area contributed by atoms with Gasteiger partial charge in [0.1, 0.15) is 0 Å². The maximum absolute atomic E-state index is 11.7. The monoisotopic (exact) mass is 355 g/mol. The lowest BCUT2D eigenvalue weighted by molar-refractivity contribution is -0.143. The van der Waals surface area contributed by atoms with Crippen LogP contribution in [0.15, 0.2) is 65.6 Å². The minimum absolute atomic E-state index is 0.271. The average Bonchev–Trinajstić information content (AvgIpc) is 2.63. The van der Waals surface area contributed by atoms with Gasteiger partial charge >= 0.3 is 5.97 Å². The van der Waals surface area contributed by atoms with Crippen molar-refractivity contribution >= 4 is 29.7 Å². The lowest BCUT2D eigenvalue weighted by atomic mass is 10.1. The second kappa shape index (κ2) is 10.4. The third-order valence-corrected chi connectivity index (χ3v) is 4.25. The van der Waals surface area contributed by atoms with Gasteiger partial charge in [0.2, 0.25) is 0 Å². The van der Waals surface area contributed by atoms with Crippen LogP contribution >= 0.6 is 11.8 Å². The molecule has 2 aromatic carbocycles. The lowest BCUT2D eigenvalue weighted by Crippen LogP contribution is -2.30. The summed E-state index contributed by atoms with van der Waals surface area (Å²) in [5, 5.41) is 2.73. The molecule has 0 heterocycles. The Kier molecular flexibility index (Phi) is 7.79. The van der Waals surface area contributed by atoms with Crippen LogP contribution in [0.4, 0.5) is 0 Å². The first-order chi connectivity index (χ1) is 12.1. The highest BCUT2D eigenvalue weighted by Crippen LogP contribution is 2.15. The SMILES string of the molecule is Cc1cccc(/C=C/C(=O)OCC(=O)NCCSc2ccccc2)c1. The standard InChI is InChI=1S/C20H21NO3S/c1-16-6-5-7-17(14-16)10-11-20(23)24-15-19(22)21-12-13-25-18-8-3-2-4-9-18/h2-11,14H,12-13,15H2,1H3,(H,21,22)/b11-10+. The molecular weight excluding hydrogens is 334 g/mol. The van der Waals surface area contributed by atoms with Crippen LogP contribution in [0.2, 0.25) is 0 Å². The Morgan fingerprint density at radius 3 is 2.68 bits per heavy atom. The summed E-state index contributed by atoms with van der Waals surface area (Å²) in [6.07, 6.45) is 3.00. The smallest absolute Gasteiger partial charge is 0.331 e. The van der Waals surface area contributed by atoms with Crippen LogP contribution in [-0.2, 0) is 14.3 Å². The van der Waals surface area contributed by atoms with E-state index in [1.54, 1.807) is 17.8 Å². The molecular formula is C20H21NO3S. The molecule has 2 aromatic rings. The largest absolute Gasteiger partial charge is 0.452 e. The zero-order valence-electron chi connectivity index (χ0n) is 14.1. The van der Waals surface area contributed by atoms with Crippen molar-refractivity contribution in [3.8, 4) is 0 Å². The number of esters is 1. The number of aryl methyl sites for hydroxylation is 1. The molecule has 130 valence electrons. The number of ether oxygens (including phenoxy) is 1. The van der Waals surface area contributed by atoms with Crippen molar-refractivity contribution in [1.82, 2.24) is 5.32 Å². The fraction of sp³-hybridized carbons (Fsp3) is 0.200. The number of rotatable bonds is 8. The fourth-order valence-corrected chi connectivity index (χ4v) is 2.84. The van der Waals surface area contributed by atoms with E-state index in [-0.39, 0.29) is 12.5 Å². The molecule has 0 unspecified atom stereocenters. The molecule has 1 amide bonds. The van der Waals surface area contributed by atoms with Crippen LogP contribution in [0.1, 0.15) is 11.1 Å². The highest BCUT2D eigenvalue weighted by atomic mass is 32.2. The highest BCUT2D eigenvalue weighted by molar-refractivity contribution is 7.99. The van der Waals surface area contributed by atoms with Gasteiger partial charge in [-0.25, -0.2) is 4.79 Å². The summed E-state index contributed by atoms with van der Waals surface area (Å²) in [6, 6.07) is 17.7. The predicted octanol–water partition coefficient (Wildman–Crippen LogP) is 3.46. The van der Waals surface area contributed by atoms with Crippen LogP contribution in [0.3, 0.4) is 0 Å². The van der Waals surface area contributed by atoms with Crippen molar-refractivity contribution in [1.29, 1.82) is 0 Å². The van der Waals surface area contributed by atoms with E-state index in [0.29, 0.717) is 6.54 Å². The molecule has 4 nitrogen and oxygen atoms in total. The Hall–Kier alpha value is -2.53. The van der Waals surface area contributed by atoms with Gasteiger partial charge in [-0.1, -0.05) is 48.0 Å². The van der Waals surface area contributed by atoms with E-state index in [1.807, 2.05) is 61.5 Å². The first-order valence-corrected chi connectivity index (χ1v) is 8.98. The molecule has 0 aliphatic rings. The summed E-state index contributed by atoms with van der Waals surface area (Å²) >= 11 is 1.66. The Bertz CT molecular complexity index is 729. The number of hydrogen-bond acceptors (Lipinski definition) is 4. The van der Waals surface area contributed by atoms with Gasteiger partial charge in [0, 0.05) is 23.3 Å². The van der Waals surface area contributed by atoms with Gasteiger partial charge in [-0.05, 0) is 30.7 Å². The van der Waals surface area contributed by atoms with Crippen molar-refractivity contribution in [2.45, 2.75) is 11.8 Å². The van der Waals surface area contributed by atoms with E-state index < -0.39 is 5.97 Å². The first kappa shape index (κ1) is 18.8. The third kappa shape index (κ3) is 7.72. The number of hydrogen-bond donors (Lipinski definition) is 1. The van der Waals surface area contributed by atoms with Crippen LogP contribution in [-0.4, -0.2) is 30.8 Å². The maximum atomic E-state index is 11.7. The normalized spacial score (nSPS) is 10.6. The van der Waals surface area contributed by atoms with Gasteiger partial charge in [0.25, 0.3) is 5.91 Å². The number of amides is 1. The number of thioether (sulfide) groups is 1. The van der Waals surface area contributed by atoms with Gasteiger partial charge in [-0.15, -0.1) is 11.8 Å². The van der Waals surface area contributed by atoms with Crippen molar-refractivity contribution in [2.24, 2.45) is 0 Å². The third-order valence-electron chi connectivity index (χ3n) is 3.24. The minimum atomic E-state index is -0.532. The lowest BCUT2D eigenvalue weighted by Gasteiger charge is -2.05. The fourth-order valence-electron chi connectivity index (χ4n) is 2.05. The van der Waals surface area contributed by atoms with Gasteiger partial charge in [-0.3, -0.25) is 4.79 Å². The number of nitrogens with one attached hydrogen (secondary N) is 1. The molecule has 0 saturated heterocycles. The summed E-state index contributed by atoms with van der Waals surface area (Å²) in [4.78, 5) is 24.4. The summed E-state index contributed by atoms with van der Waals surface area (Å²) in [6.45, 7) is 2.23. The molecule has 0 fully saturated rings. The predicted molar refractivity (Wildman–Crippen MR) is 101 cm³/mol. The average molecular weight is 355 g/mol.